The summed E-state index contributed by atoms with van der Waals surface area (Å²) >= 11 is 0. The number of benzene rings is 1. The molecule has 0 bridgehead atoms. The van der Waals surface area contributed by atoms with E-state index in [4.69, 9.17) is 5.73 Å². The van der Waals surface area contributed by atoms with Crippen molar-refractivity contribution in [2.45, 2.75) is 44.6 Å². The van der Waals surface area contributed by atoms with E-state index >= 15 is 0 Å². The van der Waals surface area contributed by atoms with Crippen LogP contribution in [-0.4, -0.2) is 0 Å². The van der Waals surface area contributed by atoms with Crippen LogP contribution in [0.25, 0.3) is 0 Å². The van der Waals surface area contributed by atoms with Crippen molar-refractivity contribution < 1.29 is 8.78 Å². The lowest BCUT2D eigenvalue weighted by molar-refractivity contribution is 0.452. The number of hydrogen-bond acceptors (Lipinski definition) is 1. The highest BCUT2D eigenvalue weighted by atomic mass is 19.1. The van der Waals surface area contributed by atoms with Crippen molar-refractivity contribution in [1.29, 1.82) is 0 Å². The monoisotopic (exact) mass is 239 g/mol. The molecule has 3 heteroatoms. The molecule has 0 spiro atoms. The van der Waals surface area contributed by atoms with E-state index < -0.39 is 11.6 Å². The zero-order valence-corrected chi connectivity index (χ0v) is 9.96. The number of rotatable bonds is 4. The van der Waals surface area contributed by atoms with Gasteiger partial charge in [0.05, 0.1) is 0 Å². The van der Waals surface area contributed by atoms with Crippen LogP contribution in [0.3, 0.4) is 0 Å². The SMILES string of the molecule is NC(CCC1CCCC1)c1cc(F)cc(F)c1. The van der Waals surface area contributed by atoms with Crippen LogP contribution in [0.4, 0.5) is 8.78 Å². The number of nitrogens with two attached hydrogens (primary N) is 1. The summed E-state index contributed by atoms with van der Waals surface area (Å²) in [6, 6.07) is 3.30. The van der Waals surface area contributed by atoms with Crippen molar-refractivity contribution in [2.24, 2.45) is 11.7 Å². The van der Waals surface area contributed by atoms with Gasteiger partial charge < -0.3 is 5.73 Å². The van der Waals surface area contributed by atoms with Crippen LogP contribution >= 0.6 is 0 Å². The largest absolute Gasteiger partial charge is 0.324 e. The maximum Gasteiger partial charge on any atom is 0.126 e. The third-order valence-corrected chi connectivity index (χ3v) is 3.67. The minimum atomic E-state index is -0.545. The smallest absolute Gasteiger partial charge is 0.126 e. The second kappa shape index (κ2) is 5.58. The standard InChI is InChI=1S/C14H19F2N/c15-12-7-11(8-13(16)9-12)14(17)6-5-10-3-1-2-4-10/h7-10,14H,1-6,17H2. The Morgan fingerprint density at radius 1 is 1.12 bits per heavy atom. The molecule has 1 aliphatic rings. The predicted molar refractivity (Wildman–Crippen MR) is 64.5 cm³/mol. The van der Waals surface area contributed by atoms with E-state index in [2.05, 4.69) is 0 Å². The molecule has 1 aromatic carbocycles. The molecule has 0 radical (unpaired) electrons. The second-order valence-corrected chi connectivity index (χ2v) is 5.04. The minimum Gasteiger partial charge on any atom is -0.324 e. The van der Waals surface area contributed by atoms with Crippen LogP contribution in [0, 0.1) is 17.6 Å². The fourth-order valence-electron chi connectivity index (χ4n) is 2.67. The van der Waals surface area contributed by atoms with Crippen LogP contribution in [0.5, 0.6) is 0 Å². The van der Waals surface area contributed by atoms with Crippen molar-refractivity contribution in [3.05, 3.63) is 35.4 Å². The van der Waals surface area contributed by atoms with Gasteiger partial charge in [-0.1, -0.05) is 25.7 Å². The lowest BCUT2D eigenvalue weighted by Crippen LogP contribution is -2.12. The molecular weight excluding hydrogens is 220 g/mol. The van der Waals surface area contributed by atoms with Gasteiger partial charge in [0, 0.05) is 12.1 Å². The van der Waals surface area contributed by atoms with E-state index in [0.717, 1.165) is 24.8 Å². The average Bonchev–Trinajstić information content (AvgIpc) is 2.77. The quantitative estimate of drug-likeness (QED) is 0.846. The molecule has 0 amide bonds. The van der Waals surface area contributed by atoms with Crippen LogP contribution in [0.1, 0.15) is 50.1 Å². The first-order chi connectivity index (χ1) is 8.15. The summed E-state index contributed by atoms with van der Waals surface area (Å²) in [5.74, 6) is -0.327. The van der Waals surface area contributed by atoms with Crippen LogP contribution in [-0.2, 0) is 0 Å². The molecular formula is C14H19F2N. The second-order valence-electron chi connectivity index (χ2n) is 5.04. The molecule has 1 unspecified atom stereocenters. The maximum atomic E-state index is 13.0. The van der Waals surface area contributed by atoms with Crippen LogP contribution < -0.4 is 5.73 Å². The van der Waals surface area contributed by atoms with E-state index in [1.54, 1.807) is 0 Å². The molecule has 0 saturated heterocycles. The molecule has 2 N–H and O–H groups in total. The van der Waals surface area contributed by atoms with Gasteiger partial charge in [-0.05, 0) is 36.5 Å². The van der Waals surface area contributed by atoms with Crippen molar-refractivity contribution in [2.75, 3.05) is 0 Å². The van der Waals surface area contributed by atoms with E-state index in [1.165, 1.54) is 37.8 Å². The highest BCUT2D eigenvalue weighted by Crippen LogP contribution is 2.31. The van der Waals surface area contributed by atoms with Crippen molar-refractivity contribution in [1.82, 2.24) is 0 Å². The van der Waals surface area contributed by atoms with Gasteiger partial charge in [0.1, 0.15) is 11.6 Å². The van der Waals surface area contributed by atoms with E-state index in [9.17, 15) is 8.78 Å². The van der Waals surface area contributed by atoms with E-state index in [-0.39, 0.29) is 6.04 Å². The van der Waals surface area contributed by atoms with Gasteiger partial charge in [0.15, 0.2) is 0 Å². The van der Waals surface area contributed by atoms with Crippen LogP contribution in [0.15, 0.2) is 18.2 Å². The first-order valence-electron chi connectivity index (χ1n) is 6.37. The highest BCUT2D eigenvalue weighted by Gasteiger charge is 2.17. The van der Waals surface area contributed by atoms with Crippen molar-refractivity contribution in [3.8, 4) is 0 Å². The Kier molecular flexibility index (Phi) is 4.11. The molecule has 1 aromatic rings. The lowest BCUT2D eigenvalue weighted by Gasteiger charge is -2.15. The Labute approximate surface area is 101 Å². The zero-order chi connectivity index (χ0) is 12.3. The molecule has 94 valence electrons. The van der Waals surface area contributed by atoms with Crippen molar-refractivity contribution in [3.63, 3.8) is 0 Å². The van der Waals surface area contributed by atoms with Gasteiger partial charge >= 0.3 is 0 Å². The topological polar surface area (TPSA) is 26.0 Å². The maximum absolute atomic E-state index is 13.0. The van der Waals surface area contributed by atoms with Gasteiger partial charge in [-0.3, -0.25) is 0 Å². The molecule has 17 heavy (non-hydrogen) atoms. The minimum absolute atomic E-state index is 0.249. The first kappa shape index (κ1) is 12.5. The van der Waals surface area contributed by atoms with Gasteiger partial charge in [0.2, 0.25) is 0 Å². The summed E-state index contributed by atoms with van der Waals surface area (Å²) in [5, 5.41) is 0. The molecule has 0 heterocycles. The molecule has 0 aromatic heterocycles. The number of hydrogen-bond donors (Lipinski definition) is 1. The Balaban J connectivity index is 1.91. The summed E-state index contributed by atoms with van der Waals surface area (Å²) in [6.07, 6.45) is 7.07. The molecule has 2 rings (SSSR count). The predicted octanol–water partition coefficient (Wildman–Crippen LogP) is 3.94. The first-order valence-corrected chi connectivity index (χ1v) is 6.37. The van der Waals surface area contributed by atoms with Gasteiger partial charge in [-0.15, -0.1) is 0 Å². The summed E-state index contributed by atoms with van der Waals surface area (Å²) in [7, 11) is 0. The summed E-state index contributed by atoms with van der Waals surface area (Å²) in [5.41, 5.74) is 6.55. The molecule has 0 aliphatic heterocycles. The third-order valence-electron chi connectivity index (χ3n) is 3.67. The molecule has 1 nitrogen and oxygen atoms in total. The fourth-order valence-corrected chi connectivity index (χ4v) is 2.67. The zero-order valence-electron chi connectivity index (χ0n) is 9.96. The van der Waals surface area contributed by atoms with Crippen LogP contribution in [0.2, 0.25) is 0 Å². The summed E-state index contributed by atoms with van der Waals surface area (Å²) in [4.78, 5) is 0. The summed E-state index contributed by atoms with van der Waals surface area (Å²) in [6.45, 7) is 0. The van der Waals surface area contributed by atoms with Gasteiger partial charge in [0.25, 0.3) is 0 Å². The molecule has 1 aliphatic carbocycles. The molecule has 1 saturated carbocycles. The Morgan fingerprint density at radius 3 is 2.29 bits per heavy atom. The van der Waals surface area contributed by atoms with E-state index in [0.29, 0.717) is 5.56 Å². The Hall–Kier alpha value is -0.960. The fraction of sp³-hybridized carbons (Fsp3) is 0.571. The van der Waals surface area contributed by atoms with Crippen molar-refractivity contribution >= 4 is 0 Å². The average molecular weight is 239 g/mol. The third kappa shape index (κ3) is 3.50. The summed E-state index contributed by atoms with van der Waals surface area (Å²) < 4.78 is 26.1. The van der Waals surface area contributed by atoms with Gasteiger partial charge in [-0.2, -0.15) is 0 Å². The highest BCUT2D eigenvalue weighted by molar-refractivity contribution is 5.21. The normalized spacial score (nSPS) is 18.5. The number of halogens is 2. The molecule has 1 atom stereocenters. The molecule has 1 fully saturated rings. The Bertz CT molecular complexity index is 352. The van der Waals surface area contributed by atoms with E-state index in [1.807, 2.05) is 0 Å². The lowest BCUT2D eigenvalue weighted by atomic mass is 9.95. The Morgan fingerprint density at radius 2 is 1.71 bits per heavy atom. The van der Waals surface area contributed by atoms with Gasteiger partial charge in [-0.25, -0.2) is 8.78 Å².